The molecule has 1 aromatic heterocycles. The highest BCUT2D eigenvalue weighted by Crippen LogP contribution is 2.31. The Morgan fingerprint density at radius 3 is 2.81 bits per heavy atom. The molecule has 0 saturated heterocycles. The Balaban J connectivity index is 1.79. The van der Waals surface area contributed by atoms with E-state index in [-0.39, 0.29) is 30.8 Å². The van der Waals surface area contributed by atoms with Crippen LogP contribution in [0.1, 0.15) is 30.4 Å². The number of hydrogen-bond donors (Lipinski definition) is 1. The Morgan fingerprint density at radius 1 is 1.38 bits per heavy atom. The van der Waals surface area contributed by atoms with E-state index in [4.69, 9.17) is 4.52 Å². The van der Waals surface area contributed by atoms with Gasteiger partial charge in [0, 0.05) is 24.6 Å². The van der Waals surface area contributed by atoms with Gasteiger partial charge in [0.1, 0.15) is 5.76 Å². The molecule has 26 heavy (non-hydrogen) atoms. The maximum atomic E-state index is 13.0. The van der Waals surface area contributed by atoms with Gasteiger partial charge in [-0.15, -0.1) is 0 Å². The lowest BCUT2D eigenvalue weighted by Gasteiger charge is -2.29. The Hall–Kier alpha value is -2.67. The second-order valence-corrected chi connectivity index (χ2v) is 6.86. The molecule has 0 radical (unpaired) electrons. The molecule has 1 aromatic carbocycles. The van der Waals surface area contributed by atoms with E-state index < -0.39 is 0 Å². The van der Waals surface area contributed by atoms with Crippen LogP contribution in [-0.4, -0.2) is 41.5 Å². The number of hydrogen-bond acceptors (Lipinski definition) is 5. The highest BCUT2D eigenvalue weighted by molar-refractivity contribution is 6.04. The van der Waals surface area contributed by atoms with Gasteiger partial charge in [-0.1, -0.05) is 17.3 Å². The number of nitrogens with one attached hydrogen (secondary N) is 1. The fraction of sp³-hybridized carbons (Fsp3) is 0.421. The number of aromatic nitrogens is 1. The summed E-state index contributed by atoms with van der Waals surface area (Å²) >= 11 is 0. The van der Waals surface area contributed by atoms with E-state index in [9.17, 15) is 9.59 Å². The van der Waals surface area contributed by atoms with Crippen LogP contribution in [0.15, 0.2) is 28.8 Å². The van der Waals surface area contributed by atoms with Crippen LogP contribution in [0.2, 0.25) is 0 Å². The largest absolute Gasteiger partial charge is 0.361 e. The van der Waals surface area contributed by atoms with Crippen molar-refractivity contribution < 1.29 is 14.1 Å². The highest BCUT2D eigenvalue weighted by atomic mass is 16.5. The molecular formula is C19H24N4O3. The Labute approximate surface area is 152 Å². The SMILES string of the molecule is Cc1noc(C)c1CN(C)CC(=O)N1c2ccccc2NC(=O)C[C@H]1C. The number of amides is 2. The van der Waals surface area contributed by atoms with Gasteiger partial charge in [-0.2, -0.15) is 0 Å². The summed E-state index contributed by atoms with van der Waals surface area (Å²) in [4.78, 5) is 28.8. The molecule has 7 nitrogen and oxygen atoms in total. The molecule has 1 N–H and O–H groups in total. The van der Waals surface area contributed by atoms with E-state index in [0.29, 0.717) is 12.2 Å². The normalized spacial score (nSPS) is 17.0. The summed E-state index contributed by atoms with van der Waals surface area (Å²) in [6, 6.07) is 7.19. The van der Waals surface area contributed by atoms with Crippen molar-refractivity contribution in [2.45, 2.75) is 39.8 Å². The van der Waals surface area contributed by atoms with Crippen LogP contribution in [0.3, 0.4) is 0 Å². The summed E-state index contributed by atoms with van der Waals surface area (Å²) in [5, 5.41) is 6.83. The molecule has 0 spiro atoms. The average Bonchev–Trinajstić information content (AvgIpc) is 2.81. The first-order valence-electron chi connectivity index (χ1n) is 8.68. The van der Waals surface area contributed by atoms with E-state index in [1.807, 2.05) is 57.0 Å². The number of nitrogens with zero attached hydrogens (tertiary/aromatic N) is 3. The highest BCUT2D eigenvalue weighted by Gasteiger charge is 2.30. The van der Waals surface area contributed by atoms with Crippen molar-refractivity contribution in [3.05, 3.63) is 41.3 Å². The van der Waals surface area contributed by atoms with E-state index in [0.717, 1.165) is 22.7 Å². The van der Waals surface area contributed by atoms with Gasteiger partial charge < -0.3 is 14.7 Å². The molecule has 0 bridgehead atoms. The van der Waals surface area contributed by atoms with Crippen molar-refractivity contribution in [3.63, 3.8) is 0 Å². The number of carbonyl (C=O) groups is 2. The summed E-state index contributed by atoms with van der Waals surface area (Å²) < 4.78 is 5.19. The molecule has 3 rings (SSSR count). The molecule has 0 saturated carbocycles. The fourth-order valence-electron chi connectivity index (χ4n) is 3.33. The minimum atomic E-state index is -0.210. The number of aryl methyl sites for hydroxylation is 2. The minimum Gasteiger partial charge on any atom is -0.361 e. The van der Waals surface area contributed by atoms with Crippen LogP contribution in [0.4, 0.5) is 11.4 Å². The monoisotopic (exact) mass is 356 g/mol. The van der Waals surface area contributed by atoms with Gasteiger partial charge in [-0.25, -0.2) is 0 Å². The molecule has 0 aliphatic carbocycles. The number of carbonyl (C=O) groups excluding carboxylic acids is 2. The lowest BCUT2D eigenvalue weighted by atomic mass is 10.1. The van der Waals surface area contributed by atoms with E-state index >= 15 is 0 Å². The first kappa shape index (κ1) is 18.1. The topological polar surface area (TPSA) is 78.7 Å². The van der Waals surface area contributed by atoms with Gasteiger partial charge in [-0.05, 0) is 40.0 Å². The Morgan fingerprint density at radius 2 is 2.12 bits per heavy atom. The molecule has 1 atom stereocenters. The van der Waals surface area contributed by atoms with Crippen molar-refractivity contribution >= 4 is 23.2 Å². The summed E-state index contributed by atoms with van der Waals surface area (Å²) in [5.41, 5.74) is 3.25. The third kappa shape index (κ3) is 3.62. The van der Waals surface area contributed by atoms with Crippen LogP contribution >= 0.6 is 0 Å². The van der Waals surface area contributed by atoms with Crippen molar-refractivity contribution in [1.29, 1.82) is 0 Å². The van der Waals surface area contributed by atoms with Crippen LogP contribution in [0.5, 0.6) is 0 Å². The molecule has 2 heterocycles. The zero-order valence-corrected chi connectivity index (χ0v) is 15.6. The third-order valence-corrected chi connectivity index (χ3v) is 4.64. The predicted molar refractivity (Wildman–Crippen MR) is 98.9 cm³/mol. The smallest absolute Gasteiger partial charge is 0.241 e. The van der Waals surface area contributed by atoms with E-state index in [2.05, 4.69) is 10.5 Å². The second-order valence-electron chi connectivity index (χ2n) is 6.86. The van der Waals surface area contributed by atoms with Crippen molar-refractivity contribution in [2.24, 2.45) is 0 Å². The van der Waals surface area contributed by atoms with Gasteiger partial charge >= 0.3 is 0 Å². The summed E-state index contributed by atoms with van der Waals surface area (Å²) in [5.74, 6) is 0.644. The number of benzene rings is 1. The van der Waals surface area contributed by atoms with Gasteiger partial charge in [0.05, 0.1) is 23.6 Å². The quantitative estimate of drug-likeness (QED) is 0.910. The molecular weight excluding hydrogens is 332 g/mol. The molecule has 1 aliphatic heterocycles. The Kier molecular flexibility index (Phi) is 5.08. The van der Waals surface area contributed by atoms with Crippen LogP contribution in [-0.2, 0) is 16.1 Å². The maximum Gasteiger partial charge on any atom is 0.241 e. The lowest BCUT2D eigenvalue weighted by Crippen LogP contribution is -2.44. The van der Waals surface area contributed by atoms with Crippen LogP contribution < -0.4 is 10.2 Å². The molecule has 138 valence electrons. The van der Waals surface area contributed by atoms with Gasteiger partial charge in [0.15, 0.2) is 0 Å². The lowest BCUT2D eigenvalue weighted by molar-refractivity contribution is -0.120. The second kappa shape index (κ2) is 7.29. The van der Waals surface area contributed by atoms with Crippen molar-refractivity contribution in [1.82, 2.24) is 10.1 Å². The van der Waals surface area contributed by atoms with Crippen molar-refractivity contribution in [3.8, 4) is 0 Å². The predicted octanol–water partition coefficient (Wildman–Crippen LogP) is 2.49. The van der Waals surface area contributed by atoms with Crippen molar-refractivity contribution in [2.75, 3.05) is 23.8 Å². The number of rotatable bonds is 4. The summed E-state index contributed by atoms with van der Waals surface area (Å²) in [6.45, 7) is 6.47. The minimum absolute atomic E-state index is 0.0456. The zero-order valence-electron chi connectivity index (χ0n) is 15.6. The molecule has 2 amide bonds. The van der Waals surface area contributed by atoms with Gasteiger partial charge in [-0.3, -0.25) is 14.5 Å². The number of anilines is 2. The molecule has 0 unspecified atom stereocenters. The summed E-state index contributed by atoms with van der Waals surface area (Å²) in [6.07, 6.45) is 0.272. The standard InChI is InChI=1S/C19H24N4O3/c1-12-9-18(24)20-16-7-5-6-8-17(16)23(12)19(25)11-22(4)10-15-13(2)21-26-14(15)3/h5-8,12H,9-11H2,1-4H3,(H,20,24)/t12-/m1/s1. The molecule has 2 aromatic rings. The number of likely N-dealkylation sites (N-methyl/N-ethyl adjacent to an activating group) is 1. The van der Waals surface area contributed by atoms with Gasteiger partial charge in [0.2, 0.25) is 11.8 Å². The molecule has 7 heteroatoms. The van der Waals surface area contributed by atoms with Crippen LogP contribution in [0, 0.1) is 13.8 Å². The molecule has 1 aliphatic rings. The first-order chi connectivity index (χ1) is 12.4. The van der Waals surface area contributed by atoms with Crippen LogP contribution in [0.25, 0.3) is 0 Å². The number of para-hydroxylation sites is 2. The Bertz CT molecular complexity index is 810. The summed E-state index contributed by atoms with van der Waals surface area (Å²) in [7, 11) is 1.89. The van der Waals surface area contributed by atoms with E-state index in [1.54, 1.807) is 4.90 Å². The third-order valence-electron chi connectivity index (χ3n) is 4.64. The average molecular weight is 356 g/mol. The van der Waals surface area contributed by atoms with Gasteiger partial charge in [0.25, 0.3) is 0 Å². The van der Waals surface area contributed by atoms with E-state index in [1.165, 1.54) is 0 Å². The molecule has 0 fully saturated rings. The number of fused-ring (bicyclic) bond motifs is 1. The maximum absolute atomic E-state index is 13.0. The first-order valence-corrected chi connectivity index (χ1v) is 8.68. The fourth-order valence-corrected chi connectivity index (χ4v) is 3.33. The zero-order chi connectivity index (χ0) is 18.8.